The molecule has 0 saturated carbocycles. The van der Waals surface area contributed by atoms with Crippen LogP contribution in [0.2, 0.25) is 0 Å². The molecule has 0 spiro atoms. The van der Waals surface area contributed by atoms with Crippen molar-refractivity contribution < 1.29 is 4.79 Å². The molecule has 14 heavy (non-hydrogen) atoms. The lowest BCUT2D eigenvalue weighted by molar-refractivity contribution is -0.132. The Labute approximate surface area is 87.0 Å². The van der Waals surface area contributed by atoms with Gasteiger partial charge in [-0.3, -0.25) is 4.79 Å². The highest BCUT2D eigenvalue weighted by Crippen LogP contribution is 2.04. The van der Waals surface area contributed by atoms with Crippen LogP contribution in [0.5, 0.6) is 0 Å². The zero-order chi connectivity index (χ0) is 11.1. The van der Waals surface area contributed by atoms with Gasteiger partial charge in [-0.25, -0.2) is 0 Å². The van der Waals surface area contributed by atoms with Crippen molar-refractivity contribution in [2.75, 3.05) is 6.54 Å². The fourth-order valence-corrected chi connectivity index (χ4v) is 1.23. The molecule has 0 aliphatic rings. The van der Waals surface area contributed by atoms with E-state index in [2.05, 4.69) is 6.58 Å². The SMILES string of the molecule is C=CCN(C(=O)CCC(C)N)C(C)C. The Hall–Kier alpha value is -0.830. The molecule has 1 unspecified atom stereocenters. The van der Waals surface area contributed by atoms with Crippen molar-refractivity contribution in [3.8, 4) is 0 Å². The molecule has 0 aromatic carbocycles. The Bertz CT molecular complexity index is 188. The summed E-state index contributed by atoms with van der Waals surface area (Å²) in [6, 6.07) is 0.324. The predicted octanol–water partition coefficient (Wildman–Crippen LogP) is 1.54. The van der Waals surface area contributed by atoms with Crippen LogP contribution in [0.15, 0.2) is 12.7 Å². The maximum atomic E-state index is 11.7. The second-order valence-corrected chi connectivity index (χ2v) is 3.94. The largest absolute Gasteiger partial charge is 0.337 e. The Morgan fingerprint density at radius 3 is 2.43 bits per heavy atom. The number of amides is 1. The third-order valence-corrected chi connectivity index (χ3v) is 2.08. The molecule has 0 aromatic heterocycles. The summed E-state index contributed by atoms with van der Waals surface area (Å²) in [7, 11) is 0. The molecule has 0 fully saturated rings. The van der Waals surface area contributed by atoms with Gasteiger partial charge >= 0.3 is 0 Å². The van der Waals surface area contributed by atoms with Gasteiger partial charge in [-0.15, -0.1) is 6.58 Å². The summed E-state index contributed by atoms with van der Waals surface area (Å²) in [4.78, 5) is 13.5. The molecule has 0 aliphatic carbocycles. The van der Waals surface area contributed by atoms with Crippen LogP contribution >= 0.6 is 0 Å². The topological polar surface area (TPSA) is 46.3 Å². The van der Waals surface area contributed by atoms with Gasteiger partial charge in [-0.1, -0.05) is 6.08 Å². The fraction of sp³-hybridized carbons (Fsp3) is 0.727. The average Bonchev–Trinajstić information content (AvgIpc) is 2.09. The van der Waals surface area contributed by atoms with Crippen LogP contribution in [0, 0.1) is 0 Å². The van der Waals surface area contributed by atoms with Crippen molar-refractivity contribution >= 4 is 5.91 Å². The minimum atomic E-state index is 0.0942. The number of carbonyl (C=O) groups is 1. The van der Waals surface area contributed by atoms with E-state index in [0.717, 1.165) is 6.42 Å². The van der Waals surface area contributed by atoms with Crippen molar-refractivity contribution in [1.82, 2.24) is 4.90 Å². The van der Waals surface area contributed by atoms with Crippen LogP contribution in [0.25, 0.3) is 0 Å². The van der Waals surface area contributed by atoms with Gasteiger partial charge in [0.25, 0.3) is 0 Å². The number of nitrogens with two attached hydrogens (primary N) is 1. The molecule has 1 atom stereocenters. The van der Waals surface area contributed by atoms with Crippen LogP contribution in [-0.2, 0) is 4.79 Å². The highest BCUT2D eigenvalue weighted by Gasteiger charge is 2.15. The maximum Gasteiger partial charge on any atom is 0.223 e. The first kappa shape index (κ1) is 13.2. The van der Waals surface area contributed by atoms with E-state index in [-0.39, 0.29) is 18.0 Å². The first-order chi connectivity index (χ1) is 6.49. The number of nitrogens with zero attached hydrogens (tertiary/aromatic N) is 1. The van der Waals surface area contributed by atoms with Gasteiger partial charge < -0.3 is 10.6 Å². The fourth-order valence-electron chi connectivity index (χ4n) is 1.23. The molecule has 82 valence electrons. The summed E-state index contributed by atoms with van der Waals surface area (Å²) in [6.45, 7) is 10.2. The second-order valence-electron chi connectivity index (χ2n) is 3.94. The summed E-state index contributed by atoms with van der Waals surface area (Å²) in [6.07, 6.45) is 3.03. The summed E-state index contributed by atoms with van der Waals surface area (Å²) >= 11 is 0. The van der Waals surface area contributed by atoms with E-state index in [1.165, 1.54) is 0 Å². The van der Waals surface area contributed by atoms with Crippen LogP contribution < -0.4 is 5.73 Å². The first-order valence-corrected chi connectivity index (χ1v) is 5.15. The van der Waals surface area contributed by atoms with Crippen LogP contribution in [-0.4, -0.2) is 29.4 Å². The maximum absolute atomic E-state index is 11.7. The van der Waals surface area contributed by atoms with Gasteiger partial charge in [0.1, 0.15) is 0 Å². The molecule has 3 heteroatoms. The molecule has 0 rings (SSSR count). The van der Waals surface area contributed by atoms with Crippen molar-refractivity contribution in [2.45, 2.75) is 45.7 Å². The van der Waals surface area contributed by atoms with E-state index in [1.807, 2.05) is 25.7 Å². The average molecular weight is 198 g/mol. The number of rotatable bonds is 6. The van der Waals surface area contributed by atoms with E-state index in [1.54, 1.807) is 6.08 Å². The molecule has 0 radical (unpaired) electrons. The van der Waals surface area contributed by atoms with E-state index < -0.39 is 0 Å². The lowest BCUT2D eigenvalue weighted by atomic mass is 10.1. The Morgan fingerprint density at radius 2 is 2.07 bits per heavy atom. The van der Waals surface area contributed by atoms with Gasteiger partial charge in [-0.2, -0.15) is 0 Å². The zero-order valence-corrected chi connectivity index (χ0v) is 9.49. The standard InChI is InChI=1S/C11H22N2O/c1-5-8-13(9(2)3)11(14)7-6-10(4)12/h5,9-10H,1,6-8,12H2,2-4H3. The smallest absolute Gasteiger partial charge is 0.223 e. The lowest BCUT2D eigenvalue weighted by Gasteiger charge is -2.25. The molecule has 3 nitrogen and oxygen atoms in total. The quantitative estimate of drug-likeness (QED) is 0.658. The van der Waals surface area contributed by atoms with Crippen LogP contribution in [0.1, 0.15) is 33.6 Å². The molecule has 0 aromatic rings. The molecule has 0 heterocycles. The number of hydrogen-bond donors (Lipinski definition) is 1. The summed E-state index contributed by atoms with van der Waals surface area (Å²) < 4.78 is 0. The molecular formula is C11H22N2O. The monoisotopic (exact) mass is 198 g/mol. The van der Waals surface area contributed by atoms with Crippen molar-refractivity contribution in [1.29, 1.82) is 0 Å². The lowest BCUT2D eigenvalue weighted by Crippen LogP contribution is -2.37. The third kappa shape index (κ3) is 5.02. The molecule has 1 amide bonds. The van der Waals surface area contributed by atoms with Gasteiger partial charge in [0.05, 0.1) is 0 Å². The van der Waals surface area contributed by atoms with Crippen molar-refractivity contribution in [2.24, 2.45) is 5.73 Å². The van der Waals surface area contributed by atoms with Gasteiger partial charge in [0.15, 0.2) is 0 Å². The highest BCUT2D eigenvalue weighted by molar-refractivity contribution is 5.76. The Kier molecular flexibility index (Phi) is 6.21. The normalized spacial score (nSPS) is 12.6. The third-order valence-electron chi connectivity index (χ3n) is 2.08. The van der Waals surface area contributed by atoms with Crippen molar-refractivity contribution in [3.05, 3.63) is 12.7 Å². The Balaban J connectivity index is 4.08. The molecule has 0 saturated heterocycles. The van der Waals surface area contributed by atoms with E-state index in [9.17, 15) is 4.79 Å². The van der Waals surface area contributed by atoms with Crippen LogP contribution in [0.3, 0.4) is 0 Å². The second kappa shape index (κ2) is 6.60. The van der Waals surface area contributed by atoms with E-state index in [4.69, 9.17) is 5.73 Å². The molecule has 2 N–H and O–H groups in total. The number of hydrogen-bond acceptors (Lipinski definition) is 2. The summed E-state index contributed by atoms with van der Waals surface area (Å²) in [5, 5.41) is 0. The summed E-state index contributed by atoms with van der Waals surface area (Å²) in [5.41, 5.74) is 5.60. The van der Waals surface area contributed by atoms with E-state index >= 15 is 0 Å². The highest BCUT2D eigenvalue weighted by atomic mass is 16.2. The minimum absolute atomic E-state index is 0.0942. The van der Waals surface area contributed by atoms with Crippen LogP contribution in [0.4, 0.5) is 0 Å². The first-order valence-electron chi connectivity index (χ1n) is 5.15. The Morgan fingerprint density at radius 1 is 1.50 bits per heavy atom. The van der Waals surface area contributed by atoms with Gasteiger partial charge in [-0.05, 0) is 27.2 Å². The van der Waals surface area contributed by atoms with Gasteiger partial charge in [0.2, 0.25) is 5.91 Å². The molecule has 0 bridgehead atoms. The molecule has 0 aliphatic heterocycles. The number of carbonyl (C=O) groups excluding carboxylic acids is 1. The molecular weight excluding hydrogens is 176 g/mol. The minimum Gasteiger partial charge on any atom is -0.337 e. The van der Waals surface area contributed by atoms with Crippen molar-refractivity contribution in [3.63, 3.8) is 0 Å². The van der Waals surface area contributed by atoms with Gasteiger partial charge in [0, 0.05) is 25.0 Å². The summed E-state index contributed by atoms with van der Waals surface area (Å²) in [5.74, 6) is 0.164. The van der Waals surface area contributed by atoms with E-state index in [0.29, 0.717) is 13.0 Å². The predicted molar refractivity (Wildman–Crippen MR) is 59.9 cm³/mol. The zero-order valence-electron chi connectivity index (χ0n) is 9.49.